The molecule has 0 saturated heterocycles. The fraction of sp³-hybridized carbons (Fsp3) is 0.263. The van der Waals surface area contributed by atoms with Crippen molar-refractivity contribution in [2.75, 3.05) is 30.9 Å². The van der Waals surface area contributed by atoms with Crippen molar-refractivity contribution in [3.63, 3.8) is 0 Å². The zero-order valence-electron chi connectivity index (χ0n) is 16.0. The fourth-order valence-corrected chi connectivity index (χ4v) is 3.62. The lowest BCUT2D eigenvalue weighted by Crippen LogP contribution is -2.30. The van der Waals surface area contributed by atoms with E-state index in [1.54, 1.807) is 29.3 Å². The SMILES string of the molecule is Cc1cc(-c2cccc(S(C)(=O)=O)c2)cnc1N1C=NN(CC(CN)=C(F)F)C1. The van der Waals surface area contributed by atoms with Crippen LogP contribution in [0.4, 0.5) is 14.6 Å². The van der Waals surface area contributed by atoms with Crippen LogP contribution in [0.3, 0.4) is 0 Å². The molecule has 1 aliphatic rings. The Labute approximate surface area is 168 Å². The third kappa shape index (κ3) is 4.77. The van der Waals surface area contributed by atoms with E-state index < -0.39 is 15.9 Å². The number of halogens is 2. The number of pyridine rings is 1. The molecule has 0 aliphatic carbocycles. The summed E-state index contributed by atoms with van der Waals surface area (Å²) in [6.45, 7) is 1.86. The topological polar surface area (TPSA) is 91.9 Å². The number of nitrogens with two attached hydrogens (primary N) is 1. The van der Waals surface area contributed by atoms with Gasteiger partial charge in [0.25, 0.3) is 6.08 Å². The number of sulfone groups is 1. The van der Waals surface area contributed by atoms with E-state index in [2.05, 4.69) is 10.1 Å². The summed E-state index contributed by atoms with van der Waals surface area (Å²) in [5.74, 6) is 0.637. The summed E-state index contributed by atoms with van der Waals surface area (Å²) >= 11 is 0. The van der Waals surface area contributed by atoms with Crippen LogP contribution >= 0.6 is 0 Å². The Hall–Kier alpha value is -2.85. The number of benzene rings is 1. The van der Waals surface area contributed by atoms with Crippen molar-refractivity contribution in [2.45, 2.75) is 11.8 Å². The van der Waals surface area contributed by atoms with E-state index in [1.807, 2.05) is 19.1 Å². The molecule has 29 heavy (non-hydrogen) atoms. The van der Waals surface area contributed by atoms with Crippen LogP contribution in [0, 0.1) is 6.92 Å². The van der Waals surface area contributed by atoms with Crippen LogP contribution in [0.15, 0.2) is 58.2 Å². The molecule has 2 N–H and O–H groups in total. The quantitative estimate of drug-likeness (QED) is 0.771. The molecule has 0 amide bonds. The minimum absolute atomic E-state index is 0.0543. The summed E-state index contributed by atoms with van der Waals surface area (Å²) in [5, 5.41) is 5.61. The van der Waals surface area contributed by atoms with Gasteiger partial charge in [-0.2, -0.15) is 13.9 Å². The molecule has 10 heteroatoms. The van der Waals surface area contributed by atoms with Gasteiger partial charge in [-0.1, -0.05) is 12.1 Å². The predicted octanol–water partition coefficient (Wildman–Crippen LogP) is 2.59. The zero-order chi connectivity index (χ0) is 21.2. The Morgan fingerprint density at radius 3 is 2.62 bits per heavy atom. The summed E-state index contributed by atoms with van der Waals surface area (Å²) in [7, 11) is -3.31. The molecule has 0 bridgehead atoms. The van der Waals surface area contributed by atoms with Crippen molar-refractivity contribution in [1.29, 1.82) is 0 Å². The first-order valence-electron chi connectivity index (χ1n) is 8.75. The zero-order valence-corrected chi connectivity index (χ0v) is 16.8. The number of aromatic nitrogens is 1. The number of rotatable bonds is 6. The number of hydrogen-bond acceptors (Lipinski definition) is 7. The third-order valence-corrected chi connectivity index (χ3v) is 5.59. The summed E-state index contributed by atoms with van der Waals surface area (Å²) in [6, 6.07) is 8.55. The summed E-state index contributed by atoms with van der Waals surface area (Å²) < 4.78 is 49.2. The van der Waals surface area contributed by atoms with Crippen molar-refractivity contribution in [3.05, 3.63) is 53.7 Å². The second kappa shape index (κ2) is 8.26. The van der Waals surface area contributed by atoms with Gasteiger partial charge in [0.15, 0.2) is 9.84 Å². The number of hydrazone groups is 1. The van der Waals surface area contributed by atoms with Crippen LogP contribution in [0.1, 0.15) is 5.56 Å². The van der Waals surface area contributed by atoms with Gasteiger partial charge in [0.2, 0.25) is 0 Å². The first-order chi connectivity index (χ1) is 13.7. The average molecular weight is 421 g/mol. The van der Waals surface area contributed by atoms with Crippen molar-refractivity contribution in [1.82, 2.24) is 9.99 Å². The molecule has 1 aliphatic heterocycles. The lowest BCUT2D eigenvalue weighted by Gasteiger charge is -2.20. The second-order valence-corrected chi connectivity index (χ2v) is 8.76. The molecular formula is C19H21F2N5O2S. The first kappa shape index (κ1) is 20.9. The van der Waals surface area contributed by atoms with Gasteiger partial charge >= 0.3 is 0 Å². The molecule has 1 aromatic heterocycles. The lowest BCUT2D eigenvalue weighted by molar-refractivity contribution is 0.326. The molecule has 0 radical (unpaired) electrons. The van der Waals surface area contributed by atoms with Crippen molar-refractivity contribution in [3.8, 4) is 11.1 Å². The molecule has 7 nitrogen and oxygen atoms in total. The Morgan fingerprint density at radius 2 is 2.00 bits per heavy atom. The van der Waals surface area contributed by atoms with Crippen LogP contribution in [0.2, 0.25) is 0 Å². The third-order valence-electron chi connectivity index (χ3n) is 4.48. The van der Waals surface area contributed by atoms with E-state index in [-0.39, 0.29) is 30.2 Å². The number of nitrogens with zero attached hydrogens (tertiary/aromatic N) is 4. The lowest BCUT2D eigenvalue weighted by atomic mass is 10.1. The van der Waals surface area contributed by atoms with E-state index in [0.717, 1.165) is 22.9 Å². The standard InChI is InChI=1S/C19H21F2N5O2S/c1-13-6-15(14-4-3-5-17(7-14)29(2,27)28)9-23-19(13)25-11-24-26(12-25)10-16(8-22)18(20)21/h3-7,9,11H,8,10,12,22H2,1-2H3. The summed E-state index contributed by atoms with van der Waals surface area (Å²) in [6.07, 6.45) is 2.56. The maximum atomic E-state index is 12.8. The minimum Gasteiger partial charge on any atom is -0.327 e. The van der Waals surface area contributed by atoms with Crippen LogP contribution < -0.4 is 10.6 Å². The fourth-order valence-electron chi connectivity index (χ4n) is 2.95. The predicted molar refractivity (Wildman–Crippen MR) is 108 cm³/mol. The molecule has 154 valence electrons. The number of aryl methyl sites for hydroxylation is 1. The molecule has 0 saturated carbocycles. The Balaban J connectivity index is 1.80. The van der Waals surface area contributed by atoms with Gasteiger partial charge in [0, 0.05) is 30.1 Å². The van der Waals surface area contributed by atoms with E-state index in [4.69, 9.17) is 5.73 Å². The molecule has 0 atom stereocenters. The van der Waals surface area contributed by atoms with Crippen LogP contribution in [0.25, 0.3) is 11.1 Å². The molecule has 3 rings (SSSR count). The second-order valence-electron chi connectivity index (χ2n) is 6.74. The molecule has 2 aromatic rings. The van der Waals surface area contributed by atoms with Gasteiger partial charge in [0.1, 0.15) is 18.8 Å². The van der Waals surface area contributed by atoms with Gasteiger partial charge in [-0.3, -0.25) is 9.91 Å². The largest absolute Gasteiger partial charge is 0.327 e. The monoisotopic (exact) mass is 421 g/mol. The average Bonchev–Trinajstić information content (AvgIpc) is 3.13. The van der Waals surface area contributed by atoms with Crippen LogP contribution in [0.5, 0.6) is 0 Å². The molecule has 0 fully saturated rings. The Bertz CT molecular complexity index is 1080. The van der Waals surface area contributed by atoms with Gasteiger partial charge in [-0.05, 0) is 36.2 Å². The first-order valence-corrected chi connectivity index (χ1v) is 10.6. The van der Waals surface area contributed by atoms with Crippen molar-refractivity contribution >= 4 is 22.0 Å². The maximum absolute atomic E-state index is 12.8. The molecule has 0 spiro atoms. The summed E-state index contributed by atoms with van der Waals surface area (Å²) in [4.78, 5) is 6.46. The van der Waals surface area contributed by atoms with Crippen molar-refractivity contribution < 1.29 is 17.2 Å². The van der Waals surface area contributed by atoms with Gasteiger partial charge in [-0.15, -0.1) is 0 Å². The Morgan fingerprint density at radius 1 is 1.24 bits per heavy atom. The van der Waals surface area contributed by atoms with E-state index in [1.165, 1.54) is 11.3 Å². The van der Waals surface area contributed by atoms with E-state index in [9.17, 15) is 17.2 Å². The maximum Gasteiger partial charge on any atom is 0.272 e. The highest BCUT2D eigenvalue weighted by Crippen LogP contribution is 2.27. The van der Waals surface area contributed by atoms with Crippen molar-refractivity contribution in [2.24, 2.45) is 10.8 Å². The normalized spacial score (nSPS) is 13.8. The van der Waals surface area contributed by atoms with Crippen LogP contribution in [-0.2, 0) is 9.84 Å². The molecule has 0 unspecified atom stereocenters. The molecule has 1 aromatic carbocycles. The van der Waals surface area contributed by atoms with Gasteiger partial charge in [0.05, 0.1) is 11.4 Å². The van der Waals surface area contributed by atoms with Gasteiger partial charge < -0.3 is 5.73 Å². The van der Waals surface area contributed by atoms with E-state index >= 15 is 0 Å². The number of anilines is 1. The molecule has 2 heterocycles. The molecular weight excluding hydrogens is 400 g/mol. The van der Waals surface area contributed by atoms with Crippen LogP contribution in [-0.4, -0.2) is 50.8 Å². The highest BCUT2D eigenvalue weighted by atomic mass is 32.2. The minimum atomic E-state index is -3.31. The summed E-state index contributed by atoms with van der Waals surface area (Å²) in [5.41, 5.74) is 7.55. The Kier molecular flexibility index (Phi) is 5.94. The highest BCUT2D eigenvalue weighted by Gasteiger charge is 2.20. The van der Waals surface area contributed by atoms with Gasteiger partial charge in [-0.25, -0.2) is 13.4 Å². The number of hydrogen-bond donors (Lipinski definition) is 1. The van der Waals surface area contributed by atoms with E-state index in [0.29, 0.717) is 5.82 Å². The highest BCUT2D eigenvalue weighted by molar-refractivity contribution is 7.90. The smallest absolute Gasteiger partial charge is 0.272 e.